The first-order chi connectivity index (χ1) is 11.8. The summed E-state index contributed by atoms with van der Waals surface area (Å²) in [4.78, 5) is 0. The molecule has 0 aliphatic heterocycles. The van der Waals surface area contributed by atoms with Gasteiger partial charge in [0.1, 0.15) is 0 Å². The highest BCUT2D eigenvalue weighted by atomic mass is 14.9. The highest BCUT2D eigenvalue weighted by Crippen LogP contribution is 2.36. The van der Waals surface area contributed by atoms with Gasteiger partial charge in [-0.15, -0.1) is 0 Å². The van der Waals surface area contributed by atoms with E-state index in [9.17, 15) is 0 Å². The molecular weight excluding hydrogens is 292 g/mol. The van der Waals surface area contributed by atoms with Gasteiger partial charge in [0, 0.05) is 11.3 Å². The maximum absolute atomic E-state index is 6.49. The fourth-order valence-electron chi connectivity index (χ4n) is 3.05. The lowest BCUT2D eigenvalue weighted by Gasteiger charge is -2.14. The fraction of sp³-hybridized carbons (Fsp3) is 0. The van der Waals surface area contributed by atoms with Crippen molar-refractivity contribution in [3.8, 4) is 11.1 Å². The zero-order chi connectivity index (χ0) is 16.4. The van der Waals surface area contributed by atoms with Gasteiger partial charge in [-0.1, -0.05) is 72.8 Å². The predicted octanol–water partition coefficient (Wildman–Crippen LogP) is 5.83. The molecule has 3 N–H and O–H groups in total. The van der Waals surface area contributed by atoms with Crippen molar-refractivity contribution in [2.75, 3.05) is 11.1 Å². The molecule has 0 radical (unpaired) electrons. The predicted molar refractivity (Wildman–Crippen MR) is 104 cm³/mol. The number of fused-ring (bicyclic) bond motifs is 1. The fourth-order valence-corrected chi connectivity index (χ4v) is 3.05. The molecule has 24 heavy (non-hydrogen) atoms. The molecular formula is C22H18N2. The number of nitrogens with two attached hydrogens (primary N) is 1. The SMILES string of the molecule is Nc1c(Nc2ccccc2)cccc1-c1cccc2ccccc12. The van der Waals surface area contributed by atoms with Crippen molar-refractivity contribution in [2.45, 2.75) is 0 Å². The summed E-state index contributed by atoms with van der Waals surface area (Å²) < 4.78 is 0. The number of rotatable bonds is 3. The molecule has 0 spiro atoms. The Morgan fingerprint density at radius 2 is 1.25 bits per heavy atom. The molecule has 0 aromatic heterocycles. The number of nitrogens with one attached hydrogen (secondary N) is 1. The van der Waals surface area contributed by atoms with Crippen LogP contribution in [0.5, 0.6) is 0 Å². The lowest BCUT2D eigenvalue weighted by Crippen LogP contribution is -1.98. The van der Waals surface area contributed by atoms with Crippen molar-refractivity contribution in [3.05, 3.63) is 91.0 Å². The molecule has 0 saturated carbocycles. The summed E-state index contributed by atoms with van der Waals surface area (Å²) in [7, 11) is 0. The Kier molecular flexibility index (Phi) is 3.64. The Morgan fingerprint density at radius 3 is 2.12 bits per heavy atom. The first-order valence-corrected chi connectivity index (χ1v) is 8.01. The van der Waals surface area contributed by atoms with E-state index in [1.54, 1.807) is 0 Å². The van der Waals surface area contributed by atoms with E-state index in [0.717, 1.165) is 28.2 Å². The molecule has 0 bridgehead atoms. The van der Waals surface area contributed by atoms with Crippen LogP contribution >= 0.6 is 0 Å². The Balaban J connectivity index is 1.83. The van der Waals surface area contributed by atoms with Crippen LogP contribution in [-0.2, 0) is 0 Å². The number of nitrogen functional groups attached to an aromatic ring is 1. The van der Waals surface area contributed by atoms with Gasteiger partial charge in [0.25, 0.3) is 0 Å². The van der Waals surface area contributed by atoms with Gasteiger partial charge in [0.15, 0.2) is 0 Å². The molecule has 116 valence electrons. The van der Waals surface area contributed by atoms with Gasteiger partial charge in [0.05, 0.1) is 11.4 Å². The highest BCUT2D eigenvalue weighted by molar-refractivity contribution is 6.01. The first-order valence-electron chi connectivity index (χ1n) is 8.01. The Morgan fingerprint density at radius 1 is 0.583 bits per heavy atom. The molecule has 0 amide bonds. The molecule has 4 aromatic rings. The number of hydrogen-bond acceptors (Lipinski definition) is 2. The van der Waals surface area contributed by atoms with E-state index in [0.29, 0.717) is 0 Å². The summed E-state index contributed by atoms with van der Waals surface area (Å²) in [5.41, 5.74) is 11.4. The van der Waals surface area contributed by atoms with Gasteiger partial charge in [-0.3, -0.25) is 0 Å². The topological polar surface area (TPSA) is 38.0 Å². The third-order valence-electron chi connectivity index (χ3n) is 4.24. The maximum Gasteiger partial charge on any atom is 0.0633 e. The minimum absolute atomic E-state index is 0.762. The summed E-state index contributed by atoms with van der Waals surface area (Å²) in [5, 5.41) is 5.84. The maximum atomic E-state index is 6.49. The van der Waals surface area contributed by atoms with Crippen LogP contribution in [0.15, 0.2) is 91.0 Å². The molecule has 0 aliphatic carbocycles. The summed E-state index contributed by atoms with van der Waals surface area (Å²) in [6.07, 6.45) is 0. The molecule has 0 fully saturated rings. The summed E-state index contributed by atoms with van der Waals surface area (Å²) >= 11 is 0. The van der Waals surface area contributed by atoms with Crippen LogP contribution in [0.1, 0.15) is 0 Å². The van der Waals surface area contributed by atoms with E-state index >= 15 is 0 Å². The second-order valence-corrected chi connectivity index (χ2v) is 5.78. The van der Waals surface area contributed by atoms with Crippen LogP contribution < -0.4 is 11.1 Å². The van der Waals surface area contributed by atoms with E-state index in [-0.39, 0.29) is 0 Å². The van der Waals surface area contributed by atoms with Crippen LogP contribution in [0.4, 0.5) is 17.1 Å². The van der Waals surface area contributed by atoms with E-state index in [1.807, 2.05) is 42.5 Å². The van der Waals surface area contributed by atoms with Crippen LogP contribution in [0.2, 0.25) is 0 Å². The number of anilines is 3. The van der Waals surface area contributed by atoms with Gasteiger partial charge >= 0.3 is 0 Å². The van der Waals surface area contributed by atoms with Crippen LogP contribution in [0.3, 0.4) is 0 Å². The molecule has 0 unspecified atom stereocenters. The molecule has 0 heterocycles. The Bertz CT molecular complexity index is 986. The summed E-state index contributed by atoms with van der Waals surface area (Å²) in [6, 6.07) is 30.9. The minimum Gasteiger partial charge on any atom is -0.397 e. The number of para-hydroxylation sites is 2. The second-order valence-electron chi connectivity index (χ2n) is 5.78. The second kappa shape index (κ2) is 6.09. The zero-order valence-corrected chi connectivity index (χ0v) is 13.2. The van der Waals surface area contributed by atoms with E-state index in [1.165, 1.54) is 10.8 Å². The lowest BCUT2D eigenvalue weighted by molar-refractivity contribution is 1.54. The van der Waals surface area contributed by atoms with Crippen LogP contribution in [0, 0.1) is 0 Å². The van der Waals surface area contributed by atoms with Crippen molar-refractivity contribution in [1.82, 2.24) is 0 Å². The van der Waals surface area contributed by atoms with Gasteiger partial charge in [-0.2, -0.15) is 0 Å². The van der Waals surface area contributed by atoms with E-state index < -0.39 is 0 Å². The van der Waals surface area contributed by atoms with Crippen LogP contribution in [-0.4, -0.2) is 0 Å². The summed E-state index contributed by atoms with van der Waals surface area (Å²) in [5.74, 6) is 0. The molecule has 2 nitrogen and oxygen atoms in total. The van der Waals surface area contributed by atoms with Crippen molar-refractivity contribution in [1.29, 1.82) is 0 Å². The van der Waals surface area contributed by atoms with Gasteiger partial charge in [0.2, 0.25) is 0 Å². The number of hydrogen-bond donors (Lipinski definition) is 2. The first kappa shape index (κ1) is 14.3. The van der Waals surface area contributed by atoms with E-state index in [4.69, 9.17) is 5.73 Å². The van der Waals surface area contributed by atoms with E-state index in [2.05, 4.69) is 53.8 Å². The molecule has 4 aromatic carbocycles. The van der Waals surface area contributed by atoms with Gasteiger partial charge < -0.3 is 11.1 Å². The normalized spacial score (nSPS) is 10.7. The van der Waals surface area contributed by atoms with Crippen molar-refractivity contribution in [2.24, 2.45) is 0 Å². The van der Waals surface area contributed by atoms with Gasteiger partial charge in [-0.25, -0.2) is 0 Å². The molecule has 0 saturated heterocycles. The average Bonchev–Trinajstić information content (AvgIpc) is 2.64. The Labute approximate surface area is 141 Å². The van der Waals surface area contributed by atoms with Crippen molar-refractivity contribution in [3.63, 3.8) is 0 Å². The average molecular weight is 310 g/mol. The third kappa shape index (κ3) is 2.59. The largest absolute Gasteiger partial charge is 0.397 e. The Hall–Kier alpha value is -3.26. The lowest BCUT2D eigenvalue weighted by atomic mass is 9.96. The molecule has 4 rings (SSSR count). The number of benzene rings is 4. The van der Waals surface area contributed by atoms with Crippen LogP contribution in [0.25, 0.3) is 21.9 Å². The smallest absolute Gasteiger partial charge is 0.0633 e. The van der Waals surface area contributed by atoms with Gasteiger partial charge in [-0.05, 0) is 34.5 Å². The molecule has 0 aliphatic rings. The third-order valence-corrected chi connectivity index (χ3v) is 4.24. The summed E-state index contributed by atoms with van der Waals surface area (Å²) in [6.45, 7) is 0. The highest BCUT2D eigenvalue weighted by Gasteiger charge is 2.10. The molecule has 0 atom stereocenters. The standard InChI is InChI=1S/C22H18N2/c23-22-20(19-13-6-9-16-8-4-5-12-18(16)19)14-7-15-21(22)24-17-10-2-1-3-11-17/h1-15,24H,23H2. The van der Waals surface area contributed by atoms with Crippen molar-refractivity contribution < 1.29 is 0 Å². The zero-order valence-electron chi connectivity index (χ0n) is 13.2. The molecule has 2 heteroatoms. The minimum atomic E-state index is 0.762. The monoisotopic (exact) mass is 310 g/mol. The quantitative estimate of drug-likeness (QED) is 0.467. The van der Waals surface area contributed by atoms with Crippen molar-refractivity contribution >= 4 is 27.8 Å².